The molecule has 1 aromatic rings. The average molecular weight is 378 g/mol. The van der Waals surface area contributed by atoms with Gasteiger partial charge in [-0.1, -0.05) is 15.9 Å². The number of carbonyl (C=O) groups is 1. The maximum absolute atomic E-state index is 12.5. The van der Waals surface area contributed by atoms with Crippen LogP contribution in [0.2, 0.25) is 0 Å². The van der Waals surface area contributed by atoms with Gasteiger partial charge in [-0.3, -0.25) is 4.79 Å². The van der Waals surface area contributed by atoms with Crippen molar-refractivity contribution in [3.63, 3.8) is 0 Å². The predicted octanol–water partition coefficient (Wildman–Crippen LogP) is 3.21. The summed E-state index contributed by atoms with van der Waals surface area (Å²) >= 11 is 3.41. The largest absolute Gasteiger partial charge is 0.372 e. The Labute approximate surface area is 145 Å². The highest BCUT2D eigenvalue weighted by atomic mass is 79.9. The van der Waals surface area contributed by atoms with E-state index in [0.717, 1.165) is 15.7 Å². The van der Waals surface area contributed by atoms with Gasteiger partial charge in [0.15, 0.2) is 0 Å². The fraction of sp³-hybridized carbons (Fsp3) is 0.412. The van der Waals surface area contributed by atoms with Crippen LogP contribution in [0.4, 0.5) is 5.69 Å². The Morgan fingerprint density at radius 2 is 2.09 bits per heavy atom. The molecule has 1 fully saturated rings. The Morgan fingerprint density at radius 3 is 2.65 bits per heavy atom. The Bertz CT molecular complexity index is 656. The van der Waals surface area contributed by atoms with Gasteiger partial charge in [0, 0.05) is 29.4 Å². The minimum Gasteiger partial charge on any atom is -0.372 e. The van der Waals surface area contributed by atoms with Crippen molar-refractivity contribution in [3.8, 4) is 6.07 Å². The first-order chi connectivity index (χ1) is 10.9. The maximum atomic E-state index is 12.5. The molecule has 0 aliphatic carbocycles. The summed E-state index contributed by atoms with van der Waals surface area (Å²) in [5.74, 6) is -0.267. The van der Waals surface area contributed by atoms with Crippen LogP contribution in [0.15, 0.2) is 34.4 Å². The molecule has 0 radical (unpaired) electrons. The molecule has 1 saturated heterocycles. The summed E-state index contributed by atoms with van der Waals surface area (Å²) in [4.78, 5) is 14.2. The summed E-state index contributed by atoms with van der Waals surface area (Å²) in [5, 5.41) is 12.4. The highest BCUT2D eigenvalue weighted by Crippen LogP contribution is 2.20. The first kappa shape index (κ1) is 17.5. The molecule has 1 aromatic carbocycles. The number of nitrogens with zero attached hydrogens (tertiary/aromatic N) is 2. The minimum absolute atomic E-state index is 0.0238. The number of hydrogen-bond acceptors (Lipinski definition) is 4. The van der Waals surface area contributed by atoms with Crippen LogP contribution in [0.1, 0.15) is 19.4 Å². The number of nitrogens with one attached hydrogen (secondary N) is 1. The number of nitriles is 1. The normalized spacial score (nSPS) is 21.7. The third-order valence-corrected chi connectivity index (χ3v) is 4.11. The Kier molecular flexibility index (Phi) is 5.80. The van der Waals surface area contributed by atoms with Gasteiger partial charge in [-0.05, 0) is 44.5 Å². The standard InChI is InChI=1S/C17H20BrN3O2/c1-11-6-15(18)4-5-16(11)20-8-14(7-19)17(22)21-9-12(2)23-13(3)10-21/h4-6,8,12-13,20H,9-10H2,1-3H3/b14-8-. The highest BCUT2D eigenvalue weighted by molar-refractivity contribution is 9.10. The van der Waals surface area contributed by atoms with Gasteiger partial charge >= 0.3 is 0 Å². The SMILES string of the molecule is Cc1cc(Br)ccc1N/C=C(/C#N)C(=O)N1CC(C)OC(C)C1. The highest BCUT2D eigenvalue weighted by Gasteiger charge is 2.27. The molecular formula is C17H20BrN3O2. The van der Waals surface area contributed by atoms with Gasteiger partial charge in [-0.25, -0.2) is 0 Å². The zero-order valence-electron chi connectivity index (χ0n) is 13.5. The molecule has 1 aliphatic rings. The van der Waals surface area contributed by atoms with Crippen molar-refractivity contribution >= 4 is 27.5 Å². The lowest BCUT2D eigenvalue weighted by Gasteiger charge is -2.35. The summed E-state index contributed by atoms with van der Waals surface area (Å²) in [6, 6.07) is 7.76. The van der Waals surface area contributed by atoms with E-state index in [1.165, 1.54) is 6.20 Å². The van der Waals surface area contributed by atoms with Gasteiger partial charge in [-0.15, -0.1) is 0 Å². The fourth-order valence-electron chi connectivity index (χ4n) is 2.59. The Balaban J connectivity index is 2.12. The predicted molar refractivity (Wildman–Crippen MR) is 92.8 cm³/mol. The lowest BCUT2D eigenvalue weighted by atomic mass is 10.2. The first-order valence-corrected chi connectivity index (χ1v) is 8.27. The molecule has 1 N–H and O–H groups in total. The second-order valence-electron chi connectivity index (χ2n) is 5.74. The van der Waals surface area contributed by atoms with Crippen LogP contribution in [0, 0.1) is 18.3 Å². The van der Waals surface area contributed by atoms with Crippen LogP contribution in [-0.2, 0) is 9.53 Å². The molecule has 1 amide bonds. The molecule has 122 valence electrons. The topological polar surface area (TPSA) is 65.4 Å². The summed E-state index contributed by atoms with van der Waals surface area (Å²) in [6.45, 7) is 6.81. The fourth-order valence-corrected chi connectivity index (χ4v) is 3.07. The number of hydrogen-bond donors (Lipinski definition) is 1. The maximum Gasteiger partial charge on any atom is 0.266 e. The van der Waals surface area contributed by atoms with Crippen molar-refractivity contribution in [2.45, 2.75) is 33.0 Å². The number of carbonyl (C=O) groups excluding carboxylic acids is 1. The number of rotatable bonds is 3. The van der Waals surface area contributed by atoms with Crippen LogP contribution in [0.25, 0.3) is 0 Å². The zero-order valence-corrected chi connectivity index (χ0v) is 15.1. The van der Waals surface area contributed by atoms with Crippen LogP contribution in [0.5, 0.6) is 0 Å². The number of morpholine rings is 1. The van der Waals surface area contributed by atoms with Crippen molar-refractivity contribution < 1.29 is 9.53 Å². The molecule has 0 bridgehead atoms. The van der Waals surface area contributed by atoms with E-state index in [-0.39, 0.29) is 23.7 Å². The van der Waals surface area contributed by atoms with Gasteiger partial charge in [0.1, 0.15) is 11.6 Å². The second kappa shape index (κ2) is 7.62. The van der Waals surface area contributed by atoms with Gasteiger partial charge in [0.2, 0.25) is 0 Å². The molecule has 23 heavy (non-hydrogen) atoms. The number of aryl methyl sites for hydroxylation is 1. The Morgan fingerprint density at radius 1 is 1.43 bits per heavy atom. The van der Waals surface area contributed by atoms with E-state index in [2.05, 4.69) is 21.2 Å². The van der Waals surface area contributed by atoms with Crippen LogP contribution >= 0.6 is 15.9 Å². The summed E-state index contributed by atoms with van der Waals surface area (Å²) in [5.41, 5.74) is 1.97. The van der Waals surface area contributed by atoms with Crippen molar-refractivity contribution in [3.05, 3.63) is 40.0 Å². The molecule has 2 atom stereocenters. The molecule has 1 aliphatic heterocycles. The number of benzene rings is 1. The van der Waals surface area contributed by atoms with E-state index >= 15 is 0 Å². The van der Waals surface area contributed by atoms with Crippen LogP contribution in [0.3, 0.4) is 0 Å². The zero-order chi connectivity index (χ0) is 17.0. The quantitative estimate of drug-likeness (QED) is 0.648. The number of ether oxygens (including phenoxy) is 1. The molecule has 0 spiro atoms. The summed E-state index contributed by atoms with van der Waals surface area (Å²) < 4.78 is 6.60. The molecule has 2 rings (SSSR count). The summed E-state index contributed by atoms with van der Waals surface area (Å²) in [6.07, 6.45) is 1.43. The lowest BCUT2D eigenvalue weighted by molar-refractivity contribution is -0.138. The van der Waals surface area contributed by atoms with Gasteiger partial charge in [0.05, 0.1) is 12.2 Å². The van der Waals surface area contributed by atoms with E-state index in [9.17, 15) is 10.1 Å². The van der Waals surface area contributed by atoms with E-state index in [1.807, 2.05) is 45.0 Å². The number of anilines is 1. The first-order valence-electron chi connectivity index (χ1n) is 7.48. The van der Waals surface area contributed by atoms with E-state index in [4.69, 9.17) is 4.74 Å². The average Bonchev–Trinajstić information content (AvgIpc) is 2.48. The lowest BCUT2D eigenvalue weighted by Crippen LogP contribution is -2.48. The summed E-state index contributed by atoms with van der Waals surface area (Å²) in [7, 11) is 0. The van der Waals surface area contributed by atoms with E-state index in [1.54, 1.807) is 4.90 Å². The molecule has 6 heteroatoms. The number of amides is 1. The molecule has 0 aromatic heterocycles. The van der Waals surface area contributed by atoms with Crippen LogP contribution < -0.4 is 5.32 Å². The third-order valence-electron chi connectivity index (χ3n) is 3.62. The molecule has 1 heterocycles. The Hall–Kier alpha value is -1.84. The monoisotopic (exact) mass is 377 g/mol. The van der Waals surface area contributed by atoms with Gasteiger partial charge in [0.25, 0.3) is 5.91 Å². The van der Waals surface area contributed by atoms with Gasteiger partial charge in [-0.2, -0.15) is 5.26 Å². The van der Waals surface area contributed by atoms with E-state index < -0.39 is 0 Å². The molecule has 5 nitrogen and oxygen atoms in total. The second-order valence-corrected chi connectivity index (χ2v) is 6.66. The molecular weight excluding hydrogens is 358 g/mol. The van der Waals surface area contributed by atoms with Crippen LogP contribution in [-0.4, -0.2) is 36.1 Å². The van der Waals surface area contributed by atoms with Crippen molar-refractivity contribution in [2.75, 3.05) is 18.4 Å². The van der Waals surface area contributed by atoms with Crippen molar-refractivity contribution in [1.29, 1.82) is 5.26 Å². The third kappa shape index (κ3) is 4.57. The van der Waals surface area contributed by atoms with Crippen molar-refractivity contribution in [1.82, 2.24) is 4.90 Å². The van der Waals surface area contributed by atoms with E-state index in [0.29, 0.717) is 13.1 Å². The van der Waals surface area contributed by atoms with Crippen molar-refractivity contribution in [2.24, 2.45) is 0 Å². The molecule has 2 unspecified atom stereocenters. The number of halogens is 1. The minimum atomic E-state index is -0.267. The van der Waals surface area contributed by atoms with Gasteiger partial charge < -0.3 is 15.0 Å². The smallest absolute Gasteiger partial charge is 0.266 e. The molecule has 0 saturated carbocycles.